The van der Waals surface area contributed by atoms with Gasteiger partial charge in [0.2, 0.25) is 0 Å². The van der Waals surface area contributed by atoms with Gasteiger partial charge in [0.25, 0.3) is 0 Å². The van der Waals surface area contributed by atoms with Crippen LogP contribution in [0.4, 0.5) is 0 Å². The molecule has 0 aliphatic rings. The standard InChI is InChI=1S/C11H20N2S/c1-4-6-11(3,13-7-5-2)10-12-8-9-14-10/h8-9,13H,4-7H2,1-3H3. The molecule has 0 spiro atoms. The molecule has 0 radical (unpaired) electrons. The van der Waals surface area contributed by atoms with E-state index in [-0.39, 0.29) is 5.54 Å². The number of rotatable bonds is 6. The summed E-state index contributed by atoms with van der Waals surface area (Å²) in [6, 6.07) is 0. The van der Waals surface area contributed by atoms with Crippen molar-refractivity contribution < 1.29 is 0 Å². The Morgan fingerprint density at radius 3 is 2.71 bits per heavy atom. The third-order valence-electron chi connectivity index (χ3n) is 2.42. The molecule has 1 atom stereocenters. The lowest BCUT2D eigenvalue weighted by molar-refractivity contribution is 0.336. The van der Waals surface area contributed by atoms with E-state index in [9.17, 15) is 0 Å². The van der Waals surface area contributed by atoms with Gasteiger partial charge in [-0.1, -0.05) is 20.3 Å². The van der Waals surface area contributed by atoms with E-state index in [1.807, 2.05) is 6.20 Å². The van der Waals surface area contributed by atoms with Crippen LogP contribution in [0, 0.1) is 0 Å². The van der Waals surface area contributed by atoms with Crippen LogP contribution in [-0.4, -0.2) is 11.5 Å². The Morgan fingerprint density at radius 1 is 1.43 bits per heavy atom. The Balaban J connectivity index is 2.70. The van der Waals surface area contributed by atoms with E-state index in [1.165, 1.54) is 17.8 Å². The van der Waals surface area contributed by atoms with Gasteiger partial charge < -0.3 is 5.32 Å². The highest BCUT2D eigenvalue weighted by molar-refractivity contribution is 7.09. The highest BCUT2D eigenvalue weighted by Crippen LogP contribution is 2.27. The van der Waals surface area contributed by atoms with Crippen molar-refractivity contribution in [2.45, 2.75) is 45.6 Å². The molecule has 0 aromatic carbocycles. The summed E-state index contributed by atoms with van der Waals surface area (Å²) in [7, 11) is 0. The molecule has 3 heteroatoms. The summed E-state index contributed by atoms with van der Waals surface area (Å²) < 4.78 is 0. The molecule has 0 amide bonds. The fourth-order valence-electron chi connectivity index (χ4n) is 1.67. The van der Waals surface area contributed by atoms with E-state index >= 15 is 0 Å². The predicted molar refractivity (Wildman–Crippen MR) is 62.7 cm³/mol. The van der Waals surface area contributed by atoms with Crippen molar-refractivity contribution in [1.82, 2.24) is 10.3 Å². The van der Waals surface area contributed by atoms with Crippen LogP contribution in [0.5, 0.6) is 0 Å². The van der Waals surface area contributed by atoms with Gasteiger partial charge >= 0.3 is 0 Å². The first-order valence-corrected chi connectivity index (χ1v) is 6.26. The number of nitrogens with zero attached hydrogens (tertiary/aromatic N) is 1. The average molecular weight is 212 g/mol. The first kappa shape index (κ1) is 11.7. The molecular weight excluding hydrogens is 192 g/mol. The molecule has 0 aliphatic carbocycles. The summed E-state index contributed by atoms with van der Waals surface area (Å²) in [5, 5.41) is 6.87. The van der Waals surface area contributed by atoms with Crippen LogP contribution in [0.2, 0.25) is 0 Å². The summed E-state index contributed by atoms with van der Waals surface area (Å²) in [5.74, 6) is 0. The van der Waals surface area contributed by atoms with Gasteiger partial charge in [0.15, 0.2) is 0 Å². The third kappa shape index (κ3) is 2.79. The maximum Gasteiger partial charge on any atom is 0.112 e. The summed E-state index contributed by atoms with van der Waals surface area (Å²) in [5.41, 5.74) is 0.0823. The zero-order valence-electron chi connectivity index (χ0n) is 9.34. The first-order chi connectivity index (χ1) is 6.73. The van der Waals surface area contributed by atoms with Crippen LogP contribution in [-0.2, 0) is 5.54 Å². The first-order valence-electron chi connectivity index (χ1n) is 5.38. The number of nitrogens with one attached hydrogen (secondary N) is 1. The zero-order valence-corrected chi connectivity index (χ0v) is 10.2. The van der Waals surface area contributed by atoms with Crippen LogP contribution in [0.3, 0.4) is 0 Å². The monoisotopic (exact) mass is 212 g/mol. The number of hydrogen-bond acceptors (Lipinski definition) is 3. The smallest absolute Gasteiger partial charge is 0.112 e. The second-order valence-electron chi connectivity index (χ2n) is 3.85. The molecule has 2 nitrogen and oxygen atoms in total. The summed E-state index contributed by atoms with van der Waals surface area (Å²) in [6.45, 7) is 7.74. The minimum absolute atomic E-state index is 0.0823. The molecule has 0 bridgehead atoms. The van der Waals surface area contributed by atoms with Crippen LogP contribution in [0.1, 0.15) is 45.0 Å². The van der Waals surface area contributed by atoms with Crippen molar-refractivity contribution in [1.29, 1.82) is 0 Å². The molecule has 1 aromatic rings. The number of thiazole rings is 1. The molecule has 1 aromatic heterocycles. The average Bonchev–Trinajstić information content (AvgIpc) is 2.68. The van der Waals surface area contributed by atoms with E-state index < -0.39 is 0 Å². The van der Waals surface area contributed by atoms with Crippen molar-refractivity contribution in [3.63, 3.8) is 0 Å². The fraction of sp³-hybridized carbons (Fsp3) is 0.727. The lowest BCUT2D eigenvalue weighted by Gasteiger charge is -2.28. The number of aromatic nitrogens is 1. The maximum absolute atomic E-state index is 4.42. The third-order valence-corrected chi connectivity index (χ3v) is 3.46. The lowest BCUT2D eigenvalue weighted by Crippen LogP contribution is -2.39. The molecule has 80 valence electrons. The van der Waals surface area contributed by atoms with Crippen LogP contribution in [0.15, 0.2) is 11.6 Å². The highest BCUT2D eigenvalue weighted by Gasteiger charge is 2.26. The molecule has 0 saturated carbocycles. The SMILES string of the molecule is CCCNC(C)(CCC)c1nccs1. The van der Waals surface area contributed by atoms with Gasteiger partial charge in [-0.15, -0.1) is 11.3 Å². The van der Waals surface area contributed by atoms with Gasteiger partial charge in [-0.05, 0) is 26.3 Å². The van der Waals surface area contributed by atoms with Gasteiger partial charge in [-0.25, -0.2) is 4.98 Å². The normalized spacial score (nSPS) is 15.4. The minimum Gasteiger partial charge on any atom is -0.306 e. The molecule has 0 saturated heterocycles. The highest BCUT2D eigenvalue weighted by atomic mass is 32.1. The minimum atomic E-state index is 0.0823. The van der Waals surface area contributed by atoms with Gasteiger partial charge in [0.1, 0.15) is 5.01 Å². The molecule has 0 aliphatic heterocycles. The quantitative estimate of drug-likeness (QED) is 0.783. The maximum atomic E-state index is 4.42. The largest absolute Gasteiger partial charge is 0.306 e. The van der Waals surface area contributed by atoms with Gasteiger partial charge in [-0.2, -0.15) is 0 Å². The molecule has 1 unspecified atom stereocenters. The fourth-order valence-corrected chi connectivity index (χ4v) is 2.47. The van der Waals surface area contributed by atoms with Crippen molar-refractivity contribution in [2.24, 2.45) is 0 Å². The molecule has 0 fully saturated rings. The van der Waals surface area contributed by atoms with E-state index in [0.717, 1.165) is 13.0 Å². The predicted octanol–water partition coefficient (Wildman–Crippen LogP) is 3.16. The van der Waals surface area contributed by atoms with Crippen molar-refractivity contribution in [3.05, 3.63) is 16.6 Å². The van der Waals surface area contributed by atoms with Gasteiger partial charge in [0, 0.05) is 11.6 Å². The molecule has 1 N–H and O–H groups in total. The Labute approximate surface area is 90.8 Å². The zero-order chi connectivity index (χ0) is 10.4. The Morgan fingerprint density at radius 2 is 2.21 bits per heavy atom. The number of hydrogen-bond donors (Lipinski definition) is 1. The van der Waals surface area contributed by atoms with E-state index in [1.54, 1.807) is 11.3 Å². The Bertz CT molecular complexity index is 246. The molecule has 14 heavy (non-hydrogen) atoms. The van der Waals surface area contributed by atoms with Crippen molar-refractivity contribution in [3.8, 4) is 0 Å². The van der Waals surface area contributed by atoms with Gasteiger partial charge in [-0.3, -0.25) is 0 Å². The van der Waals surface area contributed by atoms with Crippen LogP contribution in [0.25, 0.3) is 0 Å². The van der Waals surface area contributed by atoms with E-state index in [0.29, 0.717) is 0 Å². The summed E-state index contributed by atoms with van der Waals surface area (Å²) in [6.07, 6.45) is 5.40. The van der Waals surface area contributed by atoms with Crippen LogP contribution >= 0.6 is 11.3 Å². The van der Waals surface area contributed by atoms with Gasteiger partial charge in [0.05, 0.1) is 5.54 Å². The second-order valence-corrected chi connectivity index (χ2v) is 4.74. The Hall–Kier alpha value is -0.410. The van der Waals surface area contributed by atoms with E-state index in [2.05, 4.69) is 36.5 Å². The molecule has 1 rings (SSSR count). The summed E-state index contributed by atoms with van der Waals surface area (Å²) >= 11 is 1.75. The lowest BCUT2D eigenvalue weighted by atomic mass is 9.97. The van der Waals surface area contributed by atoms with Crippen LogP contribution < -0.4 is 5.32 Å². The topological polar surface area (TPSA) is 24.9 Å². The van der Waals surface area contributed by atoms with Crippen molar-refractivity contribution in [2.75, 3.05) is 6.54 Å². The van der Waals surface area contributed by atoms with Crippen molar-refractivity contribution >= 4 is 11.3 Å². The molecule has 1 heterocycles. The molecular formula is C11H20N2S. The van der Waals surface area contributed by atoms with E-state index in [4.69, 9.17) is 0 Å². The second kappa shape index (κ2) is 5.47. The Kier molecular flexibility index (Phi) is 4.55. The summed E-state index contributed by atoms with van der Waals surface area (Å²) in [4.78, 5) is 4.42.